The molecule has 0 saturated carbocycles. The van der Waals surface area contributed by atoms with E-state index in [-0.39, 0.29) is 5.56 Å². The molecule has 3 rings (SSSR count). The van der Waals surface area contributed by atoms with E-state index in [9.17, 15) is 9.90 Å². The highest BCUT2D eigenvalue weighted by Gasteiger charge is 2.13. The molecule has 0 aliphatic carbocycles. The Balaban J connectivity index is 2.45. The number of hydrogen-bond acceptors (Lipinski definition) is 3. The summed E-state index contributed by atoms with van der Waals surface area (Å²) in [6.07, 6.45) is 0. The lowest BCUT2D eigenvalue weighted by molar-refractivity contribution is 0.0698. The molecule has 0 atom stereocenters. The van der Waals surface area contributed by atoms with Crippen molar-refractivity contribution < 1.29 is 14.6 Å². The number of fused-ring (bicyclic) bond motifs is 2. The van der Waals surface area contributed by atoms with Crippen molar-refractivity contribution in [2.45, 2.75) is 0 Å². The van der Waals surface area contributed by atoms with Crippen LogP contribution in [0.4, 0.5) is 0 Å². The molecule has 94 valence electrons. The van der Waals surface area contributed by atoms with Gasteiger partial charge in [-0.3, -0.25) is 0 Å². The second-order valence-electron chi connectivity index (χ2n) is 4.23. The number of para-hydroxylation sites is 1. The predicted octanol–water partition coefficient (Wildman–Crippen LogP) is 3.09. The van der Waals surface area contributed by atoms with Gasteiger partial charge in [0.05, 0.1) is 23.7 Å². The summed E-state index contributed by atoms with van der Waals surface area (Å²) in [6, 6.07) is 12.8. The number of carbonyl (C=O) groups is 1. The zero-order valence-corrected chi connectivity index (χ0v) is 10.3. The van der Waals surface area contributed by atoms with Gasteiger partial charge in [-0.15, -0.1) is 0 Å². The first-order chi connectivity index (χ1) is 9.19. The average Bonchev–Trinajstić information content (AvgIpc) is 2.43. The van der Waals surface area contributed by atoms with E-state index >= 15 is 0 Å². The number of benzene rings is 2. The van der Waals surface area contributed by atoms with Crippen LogP contribution in [0.3, 0.4) is 0 Å². The van der Waals surface area contributed by atoms with Gasteiger partial charge >= 0.3 is 5.97 Å². The zero-order chi connectivity index (χ0) is 13.4. The Kier molecular flexibility index (Phi) is 2.56. The summed E-state index contributed by atoms with van der Waals surface area (Å²) in [4.78, 5) is 15.8. The van der Waals surface area contributed by atoms with Gasteiger partial charge in [-0.25, -0.2) is 9.78 Å². The van der Waals surface area contributed by atoms with Crippen LogP contribution >= 0.6 is 0 Å². The molecule has 1 aromatic heterocycles. The fraction of sp³-hybridized carbons (Fsp3) is 0.0667. The lowest BCUT2D eigenvalue weighted by Gasteiger charge is -2.07. The Morgan fingerprint density at radius 3 is 2.68 bits per heavy atom. The molecule has 4 nitrogen and oxygen atoms in total. The van der Waals surface area contributed by atoms with Gasteiger partial charge in [-0.2, -0.15) is 0 Å². The summed E-state index contributed by atoms with van der Waals surface area (Å²) < 4.78 is 5.13. The summed E-state index contributed by atoms with van der Waals surface area (Å²) in [7, 11) is 1.52. The molecular weight excluding hydrogens is 242 g/mol. The van der Waals surface area contributed by atoms with Crippen molar-refractivity contribution in [2.24, 2.45) is 0 Å². The van der Waals surface area contributed by atoms with Crippen molar-refractivity contribution in [3.63, 3.8) is 0 Å². The van der Waals surface area contributed by atoms with Crippen LogP contribution in [0.25, 0.3) is 21.8 Å². The minimum atomic E-state index is -1.01. The van der Waals surface area contributed by atoms with Gasteiger partial charge in [0.15, 0.2) is 0 Å². The lowest BCUT2D eigenvalue weighted by Crippen LogP contribution is -2.00. The Morgan fingerprint density at radius 1 is 1.16 bits per heavy atom. The third-order valence-electron chi connectivity index (χ3n) is 3.06. The van der Waals surface area contributed by atoms with Gasteiger partial charge in [0.1, 0.15) is 5.75 Å². The van der Waals surface area contributed by atoms with Crippen molar-refractivity contribution in [3.05, 3.63) is 48.0 Å². The first kappa shape index (κ1) is 11.5. The normalized spacial score (nSPS) is 10.8. The maximum absolute atomic E-state index is 11.3. The SMILES string of the molecule is COc1cc(C(=O)O)c2nc3ccccc3cc2c1. The van der Waals surface area contributed by atoms with Crippen molar-refractivity contribution in [1.82, 2.24) is 4.98 Å². The zero-order valence-electron chi connectivity index (χ0n) is 10.3. The molecule has 3 aromatic rings. The maximum Gasteiger partial charge on any atom is 0.338 e. The van der Waals surface area contributed by atoms with Gasteiger partial charge < -0.3 is 9.84 Å². The van der Waals surface area contributed by atoms with E-state index in [2.05, 4.69) is 4.98 Å². The van der Waals surface area contributed by atoms with Crippen molar-refractivity contribution in [2.75, 3.05) is 7.11 Å². The second kappa shape index (κ2) is 4.24. The van der Waals surface area contributed by atoms with Crippen LogP contribution in [0.2, 0.25) is 0 Å². The first-order valence-corrected chi connectivity index (χ1v) is 5.80. The van der Waals surface area contributed by atoms with E-state index in [0.29, 0.717) is 11.3 Å². The van der Waals surface area contributed by atoms with Crippen molar-refractivity contribution in [3.8, 4) is 5.75 Å². The second-order valence-corrected chi connectivity index (χ2v) is 4.23. The summed E-state index contributed by atoms with van der Waals surface area (Å²) >= 11 is 0. The molecule has 1 heterocycles. The van der Waals surface area contributed by atoms with Gasteiger partial charge in [0.25, 0.3) is 0 Å². The molecule has 1 N–H and O–H groups in total. The smallest absolute Gasteiger partial charge is 0.338 e. The first-order valence-electron chi connectivity index (χ1n) is 5.80. The predicted molar refractivity (Wildman–Crippen MR) is 72.8 cm³/mol. The van der Waals surface area contributed by atoms with Crippen LogP contribution in [0.15, 0.2) is 42.5 Å². The fourth-order valence-corrected chi connectivity index (χ4v) is 2.14. The summed E-state index contributed by atoms with van der Waals surface area (Å²) in [6.45, 7) is 0. The molecule has 0 aliphatic heterocycles. The van der Waals surface area contributed by atoms with Gasteiger partial charge in [-0.1, -0.05) is 18.2 Å². The Morgan fingerprint density at radius 2 is 1.95 bits per heavy atom. The highest BCUT2D eigenvalue weighted by molar-refractivity contribution is 6.05. The monoisotopic (exact) mass is 253 g/mol. The number of methoxy groups -OCH3 is 1. The molecule has 0 spiro atoms. The fourth-order valence-electron chi connectivity index (χ4n) is 2.14. The molecule has 0 bridgehead atoms. The maximum atomic E-state index is 11.3. The quantitative estimate of drug-likeness (QED) is 0.713. The number of aromatic carboxylic acids is 1. The van der Waals surface area contributed by atoms with E-state index in [0.717, 1.165) is 16.3 Å². The largest absolute Gasteiger partial charge is 0.497 e. The number of nitrogens with zero attached hydrogens (tertiary/aromatic N) is 1. The van der Waals surface area contributed by atoms with Crippen LogP contribution in [-0.2, 0) is 0 Å². The highest BCUT2D eigenvalue weighted by Crippen LogP contribution is 2.27. The number of carboxylic acid groups (broad SMARTS) is 1. The Bertz CT molecular complexity index is 796. The van der Waals surface area contributed by atoms with Gasteiger partial charge in [-0.05, 0) is 24.3 Å². The van der Waals surface area contributed by atoms with E-state index in [1.165, 1.54) is 13.2 Å². The van der Waals surface area contributed by atoms with Crippen molar-refractivity contribution in [1.29, 1.82) is 0 Å². The number of carboxylic acids is 1. The van der Waals surface area contributed by atoms with E-state index in [1.54, 1.807) is 6.07 Å². The third-order valence-corrected chi connectivity index (χ3v) is 3.06. The molecule has 0 amide bonds. The summed E-state index contributed by atoms with van der Waals surface area (Å²) in [5, 5.41) is 11.0. The molecule has 19 heavy (non-hydrogen) atoms. The summed E-state index contributed by atoms with van der Waals surface area (Å²) in [5.41, 5.74) is 1.41. The third kappa shape index (κ3) is 1.87. The number of aromatic nitrogens is 1. The topological polar surface area (TPSA) is 59.4 Å². The summed E-state index contributed by atoms with van der Waals surface area (Å²) in [5.74, 6) is -0.492. The lowest BCUT2D eigenvalue weighted by atomic mass is 10.1. The van der Waals surface area contributed by atoms with Crippen molar-refractivity contribution >= 4 is 27.8 Å². The molecule has 0 radical (unpaired) electrons. The Labute approximate surface area is 109 Å². The molecule has 2 aromatic carbocycles. The molecule has 4 heteroatoms. The molecular formula is C15H11NO3. The molecule has 0 unspecified atom stereocenters. The van der Waals surface area contributed by atoms with Gasteiger partial charge in [0, 0.05) is 10.8 Å². The standard InChI is InChI=1S/C15H11NO3/c1-19-11-7-10-6-9-4-2-3-5-13(9)16-14(10)12(8-11)15(17)18/h2-8H,1H3,(H,17,18). The van der Waals surface area contributed by atoms with Crippen LogP contribution in [0.1, 0.15) is 10.4 Å². The van der Waals surface area contributed by atoms with Crippen LogP contribution < -0.4 is 4.74 Å². The minimum absolute atomic E-state index is 0.153. The van der Waals surface area contributed by atoms with Crippen LogP contribution in [0.5, 0.6) is 5.75 Å². The van der Waals surface area contributed by atoms with E-state index in [1.807, 2.05) is 30.3 Å². The number of pyridine rings is 1. The number of ether oxygens (including phenoxy) is 1. The van der Waals surface area contributed by atoms with Crippen LogP contribution in [0, 0.1) is 0 Å². The number of hydrogen-bond donors (Lipinski definition) is 1. The minimum Gasteiger partial charge on any atom is -0.497 e. The van der Waals surface area contributed by atoms with Crippen LogP contribution in [-0.4, -0.2) is 23.2 Å². The van der Waals surface area contributed by atoms with E-state index in [4.69, 9.17) is 4.74 Å². The van der Waals surface area contributed by atoms with E-state index < -0.39 is 5.97 Å². The average molecular weight is 253 g/mol. The Hall–Kier alpha value is -2.62. The van der Waals surface area contributed by atoms with Gasteiger partial charge in [0.2, 0.25) is 0 Å². The molecule has 0 aliphatic rings. The molecule has 0 fully saturated rings. The number of rotatable bonds is 2. The highest BCUT2D eigenvalue weighted by atomic mass is 16.5. The molecule has 0 saturated heterocycles.